The third-order valence-electron chi connectivity index (χ3n) is 7.04. The average molecular weight is 604 g/mol. The number of rotatable bonds is 8. The van der Waals surface area contributed by atoms with Crippen molar-refractivity contribution in [2.45, 2.75) is 61.6 Å². The SMILES string of the molecule is CO[C@@H]1[C@H](O)[C@@H]([C@@H]2CCOP(=O)(O[C@H]3[C@@H](OC)[C@H](n4ccc(=O)[nH]c4=O)O[C@@H]3CO)O2)O[C@H]1n1ccc(=O)[nH]c1=O. The van der Waals surface area contributed by atoms with Crippen LogP contribution in [0.5, 0.6) is 0 Å². The van der Waals surface area contributed by atoms with Crippen molar-refractivity contribution in [3.8, 4) is 0 Å². The summed E-state index contributed by atoms with van der Waals surface area (Å²) in [6.45, 7) is -0.772. The van der Waals surface area contributed by atoms with Gasteiger partial charge in [-0.2, -0.15) is 0 Å². The first-order valence-electron chi connectivity index (χ1n) is 12.5. The van der Waals surface area contributed by atoms with Gasteiger partial charge in [-0.25, -0.2) is 14.2 Å². The molecule has 3 fully saturated rings. The molecular weight excluding hydrogens is 575 g/mol. The molecule has 226 valence electrons. The Labute approximate surface area is 229 Å². The molecule has 0 spiro atoms. The summed E-state index contributed by atoms with van der Waals surface area (Å²) >= 11 is 0. The van der Waals surface area contributed by atoms with Crippen LogP contribution in [0.4, 0.5) is 0 Å². The summed E-state index contributed by atoms with van der Waals surface area (Å²) in [5.74, 6) is 0. The lowest BCUT2D eigenvalue weighted by molar-refractivity contribution is -0.110. The van der Waals surface area contributed by atoms with Crippen molar-refractivity contribution in [1.82, 2.24) is 19.1 Å². The molecule has 0 amide bonds. The van der Waals surface area contributed by atoms with Crippen molar-refractivity contribution in [3.63, 3.8) is 0 Å². The molecule has 4 N–H and O–H groups in total. The van der Waals surface area contributed by atoms with Gasteiger partial charge < -0.3 is 29.2 Å². The Morgan fingerprint density at radius 3 is 2.07 bits per heavy atom. The van der Waals surface area contributed by atoms with Crippen molar-refractivity contribution in [3.05, 3.63) is 66.2 Å². The van der Waals surface area contributed by atoms with E-state index in [1.807, 2.05) is 0 Å². The molecule has 0 aliphatic carbocycles. The van der Waals surface area contributed by atoms with Crippen LogP contribution in [0.1, 0.15) is 18.9 Å². The van der Waals surface area contributed by atoms with Gasteiger partial charge in [-0.3, -0.25) is 42.3 Å². The van der Waals surface area contributed by atoms with Crippen molar-refractivity contribution >= 4 is 7.82 Å². The van der Waals surface area contributed by atoms with E-state index in [2.05, 4.69) is 9.97 Å². The molecule has 5 rings (SSSR count). The van der Waals surface area contributed by atoms with Gasteiger partial charge in [0.2, 0.25) is 0 Å². The molecule has 0 bridgehead atoms. The summed E-state index contributed by atoms with van der Waals surface area (Å²) in [4.78, 5) is 51.9. The van der Waals surface area contributed by atoms with E-state index in [0.29, 0.717) is 0 Å². The summed E-state index contributed by atoms with van der Waals surface area (Å²) in [6.07, 6.45) is -8.06. The third-order valence-corrected chi connectivity index (χ3v) is 8.57. The van der Waals surface area contributed by atoms with E-state index in [9.17, 15) is 34.0 Å². The van der Waals surface area contributed by atoms with Gasteiger partial charge in [0.05, 0.1) is 13.2 Å². The Bertz CT molecular complexity index is 1520. The average Bonchev–Trinajstić information content (AvgIpc) is 3.44. The Morgan fingerprint density at radius 1 is 0.951 bits per heavy atom. The summed E-state index contributed by atoms with van der Waals surface area (Å²) in [5, 5.41) is 20.9. The number of aliphatic hydroxyl groups excluding tert-OH is 2. The van der Waals surface area contributed by atoms with Crippen LogP contribution < -0.4 is 22.5 Å². The highest BCUT2D eigenvalue weighted by molar-refractivity contribution is 7.48. The van der Waals surface area contributed by atoms with Gasteiger partial charge in [-0.1, -0.05) is 0 Å². The number of hydrogen-bond acceptors (Lipinski definition) is 14. The molecule has 0 radical (unpaired) electrons. The summed E-state index contributed by atoms with van der Waals surface area (Å²) in [5.41, 5.74) is -2.86. The van der Waals surface area contributed by atoms with E-state index in [0.717, 1.165) is 21.3 Å². The Balaban J connectivity index is 1.36. The number of aliphatic hydroxyl groups is 2. The van der Waals surface area contributed by atoms with Crippen molar-refractivity contribution < 1.29 is 47.3 Å². The number of nitrogens with one attached hydrogen (secondary N) is 2. The fourth-order valence-corrected chi connectivity index (χ4v) is 6.74. The Kier molecular flexibility index (Phi) is 8.58. The minimum atomic E-state index is -4.44. The first-order valence-corrected chi connectivity index (χ1v) is 13.9. The molecule has 3 aliphatic heterocycles. The highest BCUT2D eigenvalue weighted by Gasteiger charge is 2.55. The zero-order valence-corrected chi connectivity index (χ0v) is 22.7. The van der Waals surface area contributed by atoms with Crippen molar-refractivity contribution in [2.24, 2.45) is 0 Å². The molecular formula is C22H29N4O14P. The standard InChI is InChI=1S/C22H29N4O14P/c1-34-17-14(30)15(38-19(17)25-6-3-12(28)23-21(25)31)10-5-8-36-41(33,39-10)40-16-11(9-27)37-20(18(16)35-2)26-7-4-13(29)24-22(26)32/h3-4,6-7,10-11,14-20,27,30H,5,8-9H2,1-2H3,(H,23,28,31)(H,24,29,32)/t10-,11+,14+,15+,16+,17+,18+,19+,20+,41?/m0/s1. The summed E-state index contributed by atoms with van der Waals surface area (Å²) < 4.78 is 55.0. The summed E-state index contributed by atoms with van der Waals surface area (Å²) in [6, 6.07) is 2.19. The molecule has 0 saturated carbocycles. The van der Waals surface area contributed by atoms with E-state index < -0.39 is 92.1 Å². The molecule has 3 aliphatic rings. The topological polar surface area (TPSA) is 232 Å². The number of ether oxygens (including phenoxy) is 4. The highest BCUT2D eigenvalue weighted by atomic mass is 31.2. The first kappa shape index (κ1) is 29.7. The van der Waals surface area contributed by atoms with E-state index in [1.54, 1.807) is 0 Å². The van der Waals surface area contributed by atoms with Gasteiger partial charge >= 0.3 is 19.2 Å². The van der Waals surface area contributed by atoms with Crippen LogP contribution in [-0.2, 0) is 37.1 Å². The monoisotopic (exact) mass is 604 g/mol. The van der Waals surface area contributed by atoms with E-state index in [-0.39, 0.29) is 13.0 Å². The first-order chi connectivity index (χ1) is 19.6. The van der Waals surface area contributed by atoms with Crippen LogP contribution in [0.2, 0.25) is 0 Å². The zero-order chi connectivity index (χ0) is 29.5. The third kappa shape index (κ3) is 5.68. The van der Waals surface area contributed by atoms with Crippen molar-refractivity contribution in [2.75, 3.05) is 27.4 Å². The second-order valence-electron chi connectivity index (χ2n) is 9.45. The van der Waals surface area contributed by atoms with E-state index in [1.165, 1.54) is 26.6 Å². The number of hydrogen-bond donors (Lipinski definition) is 4. The lowest BCUT2D eigenvalue weighted by Crippen LogP contribution is -2.44. The number of aromatic nitrogens is 4. The second-order valence-corrected chi connectivity index (χ2v) is 11.0. The number of phosphoric ester groups is 1. The van der Waals surface area contributed by atoms with Gasteiger partial charge in [-0.15, -0.1) is 0 Å². The molecule has 5 heterocycles. The van der Waals surface area contributed by atoms with Crippen LogP contribution in [-0.4, -0.2) is 99.5 Å². The van der Waals surface area contributed by atoms with Gasteiger partial charge in [0, 0.05) is 45.2 Å². The number of H-pyrrole nitrogens is 2. The lowest BCUT2D eigenvalue weighted by Gasteiger charge is -2.35. The van der Waals surface area contributed by atoms with Crippen LogP contribution in [0, 0.1) is 0 Å². The summed E-state index contributed by atoms with van der Waals surface area (Å²) in [7, 11) is -1.86. The van der Waals surface area contributed by atoms with Crippen LogP contribution in [0.25, 0.3) is 0 Å². The van der Waals surface area contributed by atoms with E-state index >= 15 is 0 Å². The van der Waals surface area contributed by atoms with Crippen LogP contribution in [0.15, 0.2) is 43.7 Å². The minimum Gasteiger partial charge on any atom is -0.394 e. The Morgan fingerprint density at radius 2 is 1.54 bits per heavy atom. The van der Waals surface area contributed by atoms with Gasteiger partial charge in [-0.05, 0) is 0 Å². The minimum absolute atomic E-state index is 0.104. The highest BCUT2D eigenvalue weighted by Crippen LogP contribution is 2.57. The number of aromatic amines is 2. The molecule has 1 unspecified atom stereocenters. The molecule has 18 nitrogen and oxygen atoms in total. The van der Waals surface area contributed by atoms with Gasteiger partial charge in [0.25, 0.3) is 11.1 Å². The maximum atomic E-state index is 13.7. The second kappa shape index (κ2) is 11.8. The van der Waals surface area contributed by atoms with Crippen LogP contribution in [0.3, 0.4) is 0 Å². The maximum Gasteiger partial charge on any atom is 0.475 e. The quantitative estimate of drug-likeness (QED) is 0.230. The number of phosphoric acid groups is 1. The predicted octanol–water partition coefficient (Wildman–Crippen LogP) is -2.44. The van der Waals surface area contributed by atoms with Gasteiger partial charge in [0.15, 0.2) is 12.5 Å². The lowest BCUT2D eigenvalue weighted by atomic mass is 10.0. The smallest absolute Gasteiger partial charge is 0.394 e. The molecule has 10 atom stereocenters. The molecule has 41 heavy (non-hydrogen) atoms. The van der Waals surface area contributed by atoms with E-state index in [4.69, 9.17) is 32.5 Å². The fraction of sp³-hybridized carbons (Fsp3) is 0.636. The molecule has 3 saturated heterocycles. The normalized spacial score (nSPS) is 37.4. The molecule has 2 aromatic heterocycles. The Hall–Kier alpha value is -2.77. The number of nitrogens with zero attached hydrogens (tertiary/aromatic N) is 2. The van der Waals surface area contributed by atoms with Gasteiger partial charge in [0.1, 0.15) is 42.7 Å². The predicted molar refractivity (Wildman–Crippen MR) is 133 cm³/mol. The largest absolute Gasteiger partial charge is 0.475 e. The zero-order valence-electron chi connectivity index (χ0n) is 21.8. The molecule has 2 aromatic rings. The maximum absolute atomic E-state index is 13.7. The molecule has 19 heteroatoms. The number of methoxy groups -OCH3 is 2. The van der Waals surface area contributed by atoms with Crippen molar-refractivity contribution in [1.29, 1.82) is 0 Å². The molecule has 0 aromatic carbocycles. The fourth-order valence-electron chi connectivity index (χ4n) is 5.13. The van der Waals surface area contributed by atoms with Crippen LogP contribution >= 0.6 is 7.82 Å².